The molecule has 0 aliphatic carbocycles. The normalized spacial score (nSPS) is 17.2. The second-order valence-electron chi connectivity index (χ2n) is 8.10. The first-order valence-corrected chi connectivity index (χ1v) is 11.4. The molecular weight excluding hydrogens is 508 g/mol. The van der Waals surface area contributed by atoms with E-state index in [1.807, 2.05) is 6.07 Å². The number of hydrogen-bond donors (Lipinski definition) is 3. The van der Waals surface area contributed by atoms with Crippen molar-refractivity contribution in [1.82, 2.24) is 35.2 Å². The number of azo groups is 1. The molecule has 0 radical (unpaired) electrons. The van der Waals surface area contributed by atoms with E-state index in [4.69, 9.17) is 10.4 Å². The van der Waals surface area contributed by atoms with Crippen LogP contribution in [0.4, 0.5) is 11.5 Å². The van der Waals surface area contributed by atoms with Crippen LogP contribution >= 0.6 is 15.9 Å². The van der Waals surface area contributed by atoms with Crippen molar-refractivity contribution in [2.24, 2.45) is 10.2 Å². The van der Waals surface area contributed by atoms with Gasteiger partial charge in [0.2, 0.25) is 17.5 Å². The number of halogens is 1. The predicted octanol–water partition coefficient (Wildman–Crippen LogP) is 3.48. The monoisotopic (exact) mass is 528 g/mol. The van der Waals surface area contributed by atoms with Crippen LogP contribution in [0.15, 0.2) is 37.5 Å². The number of likely N-dealkylation sites (tertiary alicyclic amines) is 1. The Kier molecular flexibility index (Phi) is 5.83. The quantitative estimate of drug-likeness (QED) is 0.327. The van der Waals surface area contributed by atoms with Gasteiger partial charge in [-0.2, -0.15) is 4.68 Å². The summed E-state index contributed by atoms with van der Waals surface area (Å²) in [7, 11) is 0. The van der Waals surface area contributed by atoms with E-state index >= 15 is 0 Å². The molecule has 0 unspecified atom stereocenters. The van der Waals surface area contributed by atoms with Crippen molar-refractivity contribution in [2.75, 3.05) is 12.3 Å². The summed E-state index contributed by atoms with van der Waals surface area (Å²) in [6, 6.07) is 5.68. The molecule has 4 aromatic rings. The van der Waals surface area contributed by atoms with E-state index in [-0.39, 0.29) is 28.9 Å². The first kappa shape index (κ1) is 22.2. The Labute approximate surface area is 201 Å². The van der Waals surface area contributed by atoms with Crippen molar-refractivity contribution in [1.29, 1.82) is 0 Å². The van der Waals surface area contributed by atoms with Gasteiger partial charge in [-0.05, 0) is 54.8 Å². The molecule has 1 saturated heterocycles. The Balaban J connectivity index is 1.51. The van der Waals surface area contributed by atoms with Gasteiger partial charge in [0.05, 0.1) is 11.2 Å². The lowest BCUT2D eigenvalue weighted by Crippen LogP contribution is -2.37. The highest BCUT2D eigenvalue weighted by Gasteiger charge is 2.28. The average molecular weight is 529 g/mol. The third-order valence-electron chi connectivity index (χ3n) is 5.91. The summed E-state index contributed by atoms with van der Waals surface area (Å²) in [5.41, 5.74) is 7.12. The van der Waals surface area contributed by atoms with Gasteiger partial charge in [0.15, 0.2) is 11.4 Å². The number of hydrogen-bond acceptors (Lipinski definition) is 10. The van der Waals surface area contributed by atoms with Gasteiger partial charge in [0.25, 0.3) is 0 Å². The maximum Gasteiger partial charge on any atom is 0.317 e. The first-order chi connectivity index (χ1) is 16.4. The van der Waals surface area contributed by atoms with E-state index in [0.29, 0.717) is 29.2 Å². The third-order valence-corrected chi connectivity index (χ3v) is 6.40. The van der Waals surface area contributed by atoms with E-state index in [2.05, 4.69) is 63.6 Å². The molecule has 1 fully saturated rings. The number of nitrogens with one attached hydrogen (secondary N) is 1. The number of carbonyl (C=O) groups is 1. The molecule has 1 aromatic carbocycles. The highest BCUT2D eigenvalue weighted by Crippen LogP contribution is 2.37. The molecule has 176 valence electrons. The number of piperidine rings is 1. The molecule has 1 atom stereocenters. The fourth-order valence-corrected chi connectivity index (χ4v) is 4.44. The van der Waals surface area contributed by atoms with Crippen LogP contribution in [0.1, 0.15) is 42.4 Å². The van der Waals surface area contributed by atoms with Crippen LogP contribution in [0.25, 0.3) is 16.7 Å². The number of nitrogen functional groups attached to an aromatic ring is 1. The molecular formula is C20H21BrN10O3. The number of rotatable bonds is 5. The van der Waals surface area contributed by atoms with Gasteiger partial charge in [-0.3, -0.25) is 9.69 Å². The molecule has 3 aromatic heterocycles. The number of nitrogens with zero attached hydrogens (tertiary/aromatic N) is 8. The van der Waals surface area contributed by atoms with Gasteiger partial charge in [-0.25, -0.2) is 4.63 Å². The van der Waals surface area contributed by atoms with Crippen molar-refractivity contribution in [2.45, 2.75) is 38.8 Å². The van der Waals surface area contributed by atoms with Crippen molar-refractivity contribution in [3.8, 4) is 11.7 Å². The number of aromatic amines is 1. The zero-order chi connectivity index (χ0) is 23.8. The second kappa shape index (κ2) is 8.95. The molecule has 4 heterocycles. The van der Waals surface area contributed by atoms with E-state index in [0.717, 1.165) is 30.3 Å². The Hall–Kier alpha value is -3.65. The van der Waals surface area contributed by atoms with Gasteiger partial charge in [-0.1, -0.05) is 27.6 Å². The van der Waals surface area contributed by atoms with Crippen LogP contribution < -0.4 is 5.73 Å². The highest BCUT2D eigenvalue weighted by atomic mass is 79.9. The number of aromatic hydroxyl groups is 1. The fourth-order valence-electron chi connectivity index (χ4n) is 4.08. The predicted molar refractivity (Wildman–Crippen MR) is 124 cm³/mol. The maximum atomic E-state index is 13.1. The zero-order valence-electron chi connectivity index (χ0n) is 18.1. The summed E-state index contributed by atoms with van der Waals surface area (Å²) in [5, 5.41) is 34.2. The number of anilines is 1. The smallest absolute Gasteiger partial charge is 0.317 e. The number of fused-ring (bicyclic) bond motifs is 1. The Morgan fingerprint density at radius 2 is 2.24 bits per heavy atom. The van der Waals surface area contributed by atoms with Crippen LogP contribution in [0.3, 0.4) is 0 Å². The lowest BCUT2D eigenvalue weighted by atomic mass is 10.0. The van der Waals surface area contributed by atoms with Crippen molar-refractivity contribution in [3.63, 3.8) is 0 Å². The first-order valence-electron chi connectivity index (χ1n) is 10.7. The number of carbonyl (C=O) groups excluding carboxylic acids is 1. The summed E-state index contributed by atoms with van der Waals surface area (Å²) in [4.78, 5) is 18.1. The molecule has 0 saturated carbocycles. The Morgan fingerprint density at radius 1 is 1.38 bits per heavy atom. The molecule has 1 aliphatic heterocycles. The number of amides is 1. The molecule has 1 amide bonds. The van der Waals surface area contributed by atoms with Crippen LogP contribution in [-0.2, 0) is 6.54 Å². The van der Waals surface area contributed by atoms with Crippen LogP contribution in [0.5, 0.6) is 5.88 Å². The minimum Gasteiger partial charge on any atom is -0.493 e. The molecule has 5 rings (SSSR count). The van der Waals surface area contributed by atoms with Gasteiger partial charge in [-0.15, -0.1) is 15.3 Å². The van der Waals surface area contributed by atoms with Crippen LogP contribution in [0, 0.1) is 0 Å². The van der Waals surface area contributed by atoms with Gasteiger partial charge in [0.1, 0.15) is 0 Å². The standard InChI is InChI=1S/C20H21BrN10O3/c1-10-4-2-3-7-30(10)9-14-16(25-29-31(14)18-17(22)27-34-28-18)20(33)26-24-15-12-8-11(21)5-6-13(12)23-19(15)32/h5-6,8,10,23,32H,2-4,7,9H2,1H3,(H2,22,27)/t10-/m0/s1. The minimum absolute atomic E-state index is 0.00411. The molecule has 14 heteroatoms. The summed E-state index contributed by atoms with van der Waals surface area (Å²) < 4.78 is 6.84. The van der Waals surface area contributed by atoms with Crippen molar-refractivity contribution >= 4 is 44.2 Å². The summed E-state index contributed by atoms with van der Waals surface area (Å²) >= 11 is 3.39. The highest BCUT2D eigenvalue weighted by molar-refractivity contribution is 9.10. The van der Waals surface area contributed by atoms with Gasteiger partial charge < -0.3 is 15.8 Å². The van der Waals surface area contributed by atoms with E-state index in [1.54, 1.807) is 12.1 Å². The Bertz CT molecular complexity index is 1390. The molecule has 4 N–H and O–H groups in total. The minimum atomic E-state index is -0.718. The van der Waals surface area contributed by atoms with E-state index < -0.39 is 5.91 Å². The molecule has 34 heavy (non-hydrogen) atoms. The number of aromatic nitrogens is 6. The maximum absolute atomic E-state index is 13.1. The molecule has 0 bridgehead atoms. The SMILES string of the molecule is C[C@H]1CCCCN1Cc1c(C(=O)N=Nc2c(O)[nH]c3ccc(Br)cc23)nnn1-c1nonc1N. The Morgan fingerprint density at radius 3 is 3.00 bits per heavy atom. The summed E-state index contributed by atoms with van der Waals surface area (Å²) in [6.07, 6.45) is 3.26. The summed E-state index contributed by atoms with van der Waals surface area (Å²) in [6.45, 7) is 3.38. The number of H-pyrrole nitrogens is 1. The van der Waals surface area contributed by atoms with Crippen LogP contribution in [0.2, 0.25) is 0 Å². The lowest BCUT2D eigenvalue weighted by Gasteiger charge is -2.33. The average Bonchev–Trinajstić information content (AvgIpc) is 3.50. The van der Waals surface area contributed by atoms with Crippen molar-refractivity contribution in [3.05, 3.63) is 34.1 Å². The second-order valence-corrected chi connectivity index (χ2v) is 9.02. The van der Waals surface area contributed by atoms with Gasteiger partial charge >= 0.3 is 5.91 Å². The number of benzene rings is 1. The fraction of sp³-hybridized carbons (Fsp3) is 0.350. The van der Waals surface area contributed by atoms with E-state index in [1.165, 1.54) is 4.68 Å². The molecule has 13 nitrogen and oxygen atoms in total. The van der Waals surface area contributed by atoms with Crippen LogP contribution in [-0.4, -0.2) is 58.8 Å². The largest absolute Gasteiger partial charge is 0.493 e. The lowest BCUT2D eigenvalue weighted by molar-refractivity contribution is 0.0985. The molecule has 0 spiro atoms. The number of nitrogens with two attached hydrogens (primary N) is 1. The third kappa shape index (κ3) is 4.05. The van der Waals surface area contributed by atoms with Crippen molar-refractivity contribution < 1.29 is 14.5 Å². The topological polar surface area (TPSA) is 177 Å². The van der Waals surface area contributed by atoms with E-state index in [9.17, 15) is 9.90 Å². The molecule has 1 aliphatic rings. The zero-order valence-corrected chi connectivity index (χ0v) is 19.7. The van der Waals surface area contributed by atoms with Gasteiger partial charge in [0, 0.05) is 22.4 Å². The summed E-state index contributed by atoms with van der Waals surface area (Å²) in [5.74, 6) is -0.753.